The highest BCUT2D eigenvalue weighted by molar-refractivity contribution is 5.95. The van der Waals surface area contributed by atoms with Gasteiger partial charge in [0.2, 0.25) is 18.4 Å². The van der Waals surface area contributed by atoms with Crippen LogP contribution in [0, 0.1) is 5.82 Å². The zero-order valence-electron chi connectivity index (χ0n) is 19.5. The third-order valence-corrected chi connectivity index (χ3v) is 6.19. The highest BCUT2D eigenvalue weighted by Crippen LogP contribution is 2.48. The summed E-state index contributed by atoms with van der Waals surface area (Å²) < 4.78 is 41.3. The Morgan fingerprint density at radius 2 is 1.71 bits per heavy atom. The van der Waals surface area contributed by atoms with Crippen molar-refractivity contribution < 1.29 is 32.9 Å². The number of hydrogen-bond acceptors (Lipinski definition) is 7. The van der Waals surface area contributed by atoms with Gasteiger partial charge >= 0.3 is 0 Å². The van der Waals surface area contributed by atoms with E-state index >= 15 is 0 Å². The van der Waals surface area contributed by atoms with Crippen LogP contribution in [-0.2, 0) is 11.2 Å². The summed E-state index contributed by atoms with van der Waals surface area (Å²) in [6, 6.07) is 12.2. The van der Waals surface area contributed by atoms with Crippen molar-refractivity contribution in [2.45, 2.75) is 18.5 Å². The van der Waals surface area contributed by atoms with Crippen molar-refractivity contribution in [3.05, 3.63) is 71.0 Å². The molecule has 0 saturated heterocycles. The molecule has 35 heavy (non-hydrogen) atoms. The minimum absolute atomic E-state index is 0.157. The fourth-order valence-electron chi connectivity index (χ4n) is 4.56. The summed E-state index contributed by atoms with van der Waals surface area (Å²) in [6.45, 7) is 0.157. The number of nitrogens with one attached hydrogen (secondary N) is 2. The molecule has 0 spiro atoms. The van der Waals surface area contributed by atoms with Crippen molar-refractivity contribution in [2.75, 3.05) is 33.4 Å². The van der Waals surface area contributed by atoms with Gasteiger partial charge in [-0.05, 0) is 60.0 Å². The van der Waals surface area contributed by atoms with Crippen LogP contribution in [0.4, 0.5) is 10.1 Å². The van der Waals surface area contributed by atoms with Gasteiger partial charge in [0.25, 0.3) is 0 Å². The minimum atomic E-state index is -0.592. The summed E-state index contributed by atoms with van der Waals surface area (Å²) in [7, 11) is 4.68. The van der Waals surface area contributed by atoms with Gasteiger partial charge in [-0.15, -0.1) is 0 Å². The van der Waals surface area contributed by atoms with Crippen molar-refractivity contribution in [3.8, 4) is 28.7 Å². The number of halogens is 1. The lowest BCUT2D eigenvalue weighted by atomic mass is 9.85. The summed E-state index contributed by atoms with van der Waals surface area (Å²) in [6.07, 6.45) is 0.375. The van der Waals surface area contributed by atoms with Crippen LogP contribution in [-0.4, -0.2) is 40.1 Å². The zero-order valence-corrected chi connectivity index (χ0v) is 19.5. The van der Waals surface area contributed by atoms with Gasteiger partial charge in [0.05, 0.1) is 33.4 Å². The number of carbonyl (C=O) groups is 1. The zero-order chi connectivity index (χ0) is 24.5. The maximum atomic E-state index is 13.3. The lowest BCUT2D eigenvalue weighted by Gasteiger charge is -2.35. The van der Waals surface area contributed by atoms with Gasteiger partial charge in [-0.25, -0.2) is 4.39 Å². The Hall–Kier alpha value is -3.98. The first kappa shape index (κ1) is 22.8. The molecule has 0 saturated carbocycles. The van der Waals surface area contributed by atoms with Gasteiger partial charge in [0.1, 0.15) is 5.82 Å². The third kappa shape index (κ3) is 4.19. The normalized spacial score (nSPS) is 17.9. The topological polar surface area (TPSA) is 87.3 Å². The molecule has 1 amide bonds. The van der Waals surface area contributed by atoms with Crippen LogP contribution in [0.1, 0.15) is 22.7 Å². The van der Waals surface area contributed by atoms with E-state index in [1.165, 1.54) is 24.3 Å². The van der Waals surface area contributed by atoms with Crippen molar-refractivity contribution >= 4 is 11.6 Å². The lowest BCUT2D eigenvalue weighted by molar-refractivity contribution is -0.118. The fraction of sp³-hybridized carbons (Fsp3) is 0.269. The van der Waals surface area contributed by atoms with Crippen LogP contribution in [0.5, 0.6) is 28.7 Å². The van der Waals surface area contributed by atoms with Crippen molar-refractivity contribution in [1.82, 2.24) is 5.32 Å². The van der Waals surface area contributed by atoms with Gasteiger partial charge in [-0.2, -0.15) is 0 Å². The number of ether oxygens (including phenoxy) is 5. The molecule has 2 N–H and O–H groups in total. The average Bonchev–Trinajstić information content (AvgIpc) is 3.36. The largest absolute Gasteiger partial charge is 0.493 e. The molecule has 182 valence electrons. The van der Waals surface area contributed by atoms with E-state index in [0.717, 1.165) is 16.7 Å². The molecule has 8 nitrogen and oxygen atoms in total. The molecular formula is C26H25FN2O6. The summed E-state index contributed by atoms with van der Waals surface area (Å²) in [5.74, 6) is 2.17. The molecule has 2 atom stereocenters. The molecule has 0 aromatic heterocycles. The molecule has 2 aliphatic rings. The highest BCUT2D eigenvalue weighted by atomic mass is 19.1. The molecule has 5 rings (SSSR count). The molecule has 0 bridgehead atoms. The van der Waals surface area contributed by atoms with E-state index in [9.17, 15) is 9.18 Å². The number of amides is 1. The van der Waals surface area contributed by atoms with E-state index in [1.54, 1.807) is 21.3 Å². The Kier molecular flexibility index (Phi) is 6.08. The first-order valence-corrected chi connectivity index (χ1v) is 11.1. The molecule has 9 heteroatoms. The first-order valence-electron chi connectivity index (χ1n) is 11.1. The standard InChI is InChI=1S/C26H25FN2O6/c1-31-21-12-15-10-18(26(30)28-17-7-5-16(27)6-8-17)29-23(22(15)25(33-3)24(21)32-2)14-4-9-19-20(11-14)35-13-34-19/h4-9,11-12,18,23,29H,10,13H2,1-3H3,(H,28,30)/t18-,23+/m0/s1. The Morgan fingerprint density at radius 3 is 2.43 bits per heavy atom. The first-order chi connectivity index (χ1) is 17.0. The van der Waals surface area contributed by atoms with Crippen LogP contribution in [0.2, 0.25) is 0 Å². The van der Waals surface area contributed by atoms with E-state index in [-0.39, 0.29) is 18.5 Å². The Balaban J connectivity index is 1.58. The van der Waals surface area contributed by atoms with E-state index in [2.05, 4.69) is 10.6 Å². The van der Waals surface area contributed by atoms with Crippen LogP contribution in [0.25, 0.3) is 0 Å². The highest BCUT2D eigenvalue weighted by Gasteiger charge is 2.37. The predicted molar refractivity (Wildman–Crippen MR) is 126 cm³/mol. The van der Waals surface area contributed by atoms with E-state index in [1.807, 2.05) is 24.3 Å². The molecule has 0 aliphatic carbocycles. The SMILES string of the molecule is COc1cc2c(c(OC)c1OC)[C@@H](c1ccc3c(c1)OCO3)N[C@H](C(=O)Nc1ccc(F)cc1)C2. The van der Waals surface area contributed by atoms with Gasteiger partial charge in [0.15, 0.2) is 23.0 Å². The van der Waals surface area contributed by atoms with Crippen molar-refractivity contribution in [3.63, 3.8) is 0 Å². The third-order valence-electron chi connectivity index (χ3n) is 6.19. The molecule has 0 unspecified atom stereocenters. The molecule has 3 aromatic rings. The van der Waals surface area contributed by atoms with Crippen LogP contribution in [0.15, 0.2) is 48.5 Å². The number of anilines is 1. The number of carbonyl (C=O) groups excluding carboxylic acids is 1. The van der Waals surface area contributed by atoms with Crippen molar-refractivity contribution in [1.29, 1.82) is 0 Å². The fourth-order valence-corrected chi connectivity index (χ4v) is 4.56. The number of methoxy groups -OCH3 is 3. The number of hydrogen-bond donors (Lipinski definition) is 2. The summed E-state index contributed by atoms with van der Waals surface area (Å²) in [4.78, 5) is 13.3. The summed E-state index contributed by atoms with van der Waals surface area (Å²) in [5.41, 5.74) is 3.09. The van der Waals surface area contributed by atoms with E-state index < -0.39 is 12.1 Å². The van der Waals surface area contributed by atoms with Crippen LogP contribution < -0.4 is 34.3 Å². The van der Waals surface area contributed by atoms with Gasteiger partial charge < -0.3 is 29.0 Å². The summed E-state index contributed by atoms with van der Waals surface area (Å²) in [5, 5.41) is 6.32. The second-order valence-corrected chi connectivity index (χ2v) is 8.18. The van der Waals surface area contributed by atoms with Gasteiger partial charge in [-0.1, -0.05) is 6.07 Å². The quantitative estimate of drug-likeness (QED) is 0.555. The van der Waals surface area contributed by atoms with Gasteiger partial charge in [-0.3, -0.25) is 10.1 Å². The number of fused-ring (bicyclic) bond motifs is 2. The Labute approximate surface area is 201 Å². The molecule has 0 radical (unpaired) electrons. The number of benzene rings is 3. The Bertz CT molecular complexity index is 1260. The van der Waals surface area contributed by atoms with Gasteiger partial charge in [0, 0.05) is 11.3 Å². The van der Waals surface area contributed by atoms with Crippen molar-refractivity contribution in [2.24, 2.45) is 0 Å². The van der Waals surface area contributed by atoms with Crippen LogP contribution in [0.3, 0.4) is 0 Å². The molecule has 2 aliphatic heterocycles. The van der Waals surface area contributed by atoms with E-state index in [4.69, 9.17) is 23.7 Å². The maximum Gasteiger partial charge on any atom is 0.241 e. The van der Waals surface area contributed by atoms with E-state index in [0.29, 0.717) is 40.9 Å². The van der Waals surface area contributed by atoms with Crippen LogP contribution >= 0.6 is 0 Å². The Morgan fingerprint density at radius 1 is 0.971 bits per heavy atom. The molecular weight excluding hydrogens is 455 g/mol. The average molecular weight is 480 g/mol. The predicted octanol–water partition coefficient (Wildman–Crippen LogP) is 3.82. The second-order valence-electron chi connectivity index (χ2n) is 8.18. The molecule has 3 aromatic carbocycles. The molecule has 2 heterocycles. The smallest absolute Gasteiger partial charge is 0.241 e. The lowest BCUT2D eigenvalue weighted by Crippen LogP contribution is -2.47. The maximum absolute atomic E-state index is 13.3. The monoisotopic (exact) mass is 480 g/mol. The minimum Gasteiger partial charge on any atom is -0.493 e. The second kappa shape index (κ2) is 9.34. The summed E-state index contributed by atoms with van der Waals surface area (Å²) >= 11 is 0. The molecule has 0 fully saturated rings. The number of rotatable bonds is 6.